The number of aliphatic hydroxyl groups is 1. The Kier molecular flexibility index (Phi) is 2.82. The van der Waals surface area contributed by atoms with Crippen LogP contribution in [0.2, 0.25) is 0 Å². The molecule has 2 heterocycles. The molecule has 0 saturated carbocycles. The average Bonchev–Trinajstić information content (AvgIpc) is 2.48. The van der Waals surface area contributed by atoms with Crippen LogP contribution in [0.3, 0.4) is 0 Å². The molecule has 1 N–H and O–H groups in total. The van der Waals surface area contributed by atoms with Crippen molar-refractivity contribution in [1.82, 2.24) is 9.55 Å². The van der Waals surface area contributed by atoms with Gasteiger partial charge in [0.2, 0.25) is 0 Å². The van der Waals surface area contributed by atoms with E-state index >= 15 is 0 Å². The van der Waals surface area contributed by atoms with Crippen molar-refractivity contribution >= 4 is 21.6 Å². The van der Waals surface area contributed by atoms with Crippen molar-refractivity contribution in [2.45, 2.75) is 33.4 Å². The Balaban J connectivity index is 2.69. The Morgan fingerprint density at radius 1 is 1.56 bits per heavy atom. The van der Waals surface area contributed by atoms with Gasteiger partial charge in [-0.15, -0.1) is 11.3 Å². The van der Waals surface area contributed by atoms with E-state index in [2.05, 4.69) is 4.98 Å². The van der Waals surface area contributed by atoms with Crippen LogP contribution in [0.15, 0.2) is 11.1 Å². The molecule has 2 aromatic rings. The van der Waals surface area contributed by atoms with Crippen molar-refractivity contribution in [3.05, 3.63) is 27.1 Å². The summed E-state index contributed by atoms with van der Waals surface area (Å²) in [5.74, 6) is 0. The highest BCUT2D eigenvalue weighted by atomic mass is 32.1. The lowest BCUT2D eigenvalue weighted by Crippen LogP contribution is -2.25. The van der Waals surface area contributed by atoms with Crippen molar-refractivity contribution in [1.29, 1.82) is 0 Å². The minimum atomic E-state index is -0.544. The van der Waals surface area contributed by atoms with E-state index in [4.69, 9.17) is 0 Å². The van der Waals surface area contributed by atoms with Gasteiger partial charge in [-0.1, -0.05) is 0 Å². The van der Waals surface area contributed by atoms with E-state index in [-0.39, 0.29) is 12.1 Å². The topological polar surface area (TPSA) is 55.1 Å². The highest BCUT2D eigenvalue weighted by Gasteiger charge is 2.12. The number of aromatic nitrogens is 2. The van der Waals surface area contributed by atoms with Gasteiger partial charge in [-0.25, -0.2) is 4.98 Å². The molecule has 0 saturated heterocycles. The third-order valence-electron chi connectivity index (χ3n) is 2.62. The van der Waals surface area contributed by atoms with E-state index in [1.807, 2.05) is 13.8 Å². The van der Waals surface area contributed by atoms with Gasteiger partial charge in [0.25, 0.3) is 5.56 Å². The van der Waals surface area contributed by atoms with Crippen molar-refractivity contribution in [2.24, 2.45) is 0 Å². The Labute approximate surface area is 97.2 Å². The van der Waals surface area contributed by atoms with Gasteiger partial charge in [0, 0.05) is 4.88 Å². The van der Waals surface area contributed by atoms with Gasteiger partial charge in [0.05, 0.1) is 24.4 Å². The Bertz CT molecular complexity index is 583. The van der Waals surface area contributed by atoms with Crippen LogP contribution in [0.4, 0.5) is 0 Å². The van der Waals surface area contributed by atoms with Crippen molar-refractivity contribution in [3.8, 4) is 0 Å². The van der Waals surface area contributed by atoms with Crippen LogP contribution in [0.25, 0.3) is 10.2 Å². The fourth-order valence-electron chi connectivity index (χ4n) is 1.68. The van der Waals surface area contributed by atoms with Gasteiger partial charge in [0.1, 0.15) is 4.83 Å². The van der Waals surface area contributed by atoms with Crippen LogP contribution in [0.1, 0.15) is 17.4 Å². The van der Waals surface area contributed by atoms with Crippen LogP contribution < -0.4 is 5.56 Å². The first kappa shape index (κ1) is 11.3. The third-order valence-corrected chi connectivity index (χ3v) is 3.73. The van der Waals surface area contributed by atoms with Gasteiger partial charge in [-0.05, 0) is 26.3 Å². The van der Waals surface area contributed by atoms with Crippen molar-refractivity contribution < 1.29 is 5.11 Å². The lowest BCUT2D eigenvalue weighted by molar-refractivity contribution is 0.172. The van der Waals surface area contributed by atoms with Gasteiger partial charge in [-0.2, -0.15) is 0 Å². The molecule has 0 fully saturated rings. The number of hydrogen-bond acceptors (Lipinski definition) is 4. The molecule has 16 heavy (non-hydrogen) atoms. The lowest BCUT2D eigenvalue weighted by Gasteiger charge is -2.07. The van der Waals surface area contributed by atoms with Crippen LogP contribution in [-0.2, 0) is 6.54 Å². The zero-order valence-corrected chi connectivity index (χ0v) is 10.3. The summed E-state index contributed by atoms with van der Waals surface area (Å²) in [4.78, 5) is 18.3. The number of fused-ring (bicyclic) bond motifs is 1. The van der Waals surface area contributed by atoms with Crippen molar-refractivity contribution in [3.63, 3.8) is 0 Å². The first-order chi connectivity index (χ1) is 7.50. The molecule has 1 atom stereocenters. The first-order valence-corrected chi connectivity index (χ1v) is 5.95. The fourth-order valence-corrected chi connectivity index (χ4v) is 2.67. The minimum Gasteiger partial charge on any atom is -0.392 e. The summed E-state index contributed by atoms with van der Waals surface area (Å²) < 4.78 is 1.46. The molecule has 0 aliphatic rings. The maximum Gasteiger partial charge on any atom is 0.262 e. The number of thiophene rings is 1. The Hall–Kier alpha value is -1.20. The second-order valence-corrected chi connectivity index (χ2v) is 5.22. The molecular weight excluding hydrogens is 224 g/mol. The van der Waals surface area contributed by atoms with Crippen LogP contribution in [-0.4, -0.2) is 20.8 Å². The smallest absolute Gasteiger partial charge is 0.262 e. The van der Waals surface area contributed by atoms with Crippen LogP contribution in [0.5, 0.6) is 0 Å². The zero-order chi connectivity index (χ0) is 11.9. The van der Waals surface area contributed by atoms with Gasteiger partial charge >= 0.3 is 0 Å². The molecule has 0 amide bonds. The molecule has 0 aliphatic carbocycles. The van der Waals surface area contributed by atoms with E-state index in [1.54, 1.807) is 6.92 Å². The summed E-state index contributed by atoms with van der Waals surface area (Å²) >= 11 is 1.53. The van der Waals surface area contributed by atoms with E-state index < -0.39 is 6.10 Å². The van der Waals surface area contributed by atoms with Gasteiger partial charge in [-0.3, -0.25) is 9.36 Å². The number of aliphatic hydroxyl groups excluding tert-OH is 1. The second kappa shape index (κ2) is 3.99. The van der Waals surface area contributed by atoms with Crippen LogP contribution in [0, 0.1) is 13.8 Å². The van der Waals surface area contributed by atoms with Gasteiger partial charge in [0.15, 0.2) is 0 Å². The molecule has 0 spiro atoms. The van der Waals surface area contributed by atoms with E-state index in [1.165, 1.54) is 22.2 Å². The van der Waals surface area contributed by atoms with E-state index in [0.717, 1.165) is 15.3 Å². The normalized spacial score (nSPS) is 13.2. The summed E-state index contributed by atoms with van der Waals surface area (Å²) in [7, 11) is 0. The molecule has 86 valence electrons. The maximum absolute atomic E-state index is 12.1. The molecule has 0 aromatic carbocycles. The second-order valence-electron chi connectivity index (χ2n) is 4.01. The Morgan fingerprint density at radius 3 is 2.88 bits per heavy atom. The molecular formula is C11H14N2O2S. The molecule has 0 aliphatic heterocycles. The molecule has 4 nitrogen and oxygen atoms in total. The summed E-state index contributed by atoms with van der Waals surface area (Å²) in [5.41, 5.74) is 0.935. The monoisotopic (exact) mass is 238 g/mol. The Morgan fingerprint density at radius 2 is 2.25 bits per heavy atom. The van der Waals surface area contributed by atoms with Crippen LogP contribution >= 0.6 is 11.3 Å². The van der Waals surface area contributed by atoms with Gasteiger partial charge < -0.3 is 5.11 Å². The molecule has 5 heteroatoms. The number of rotatable bonds is 2. The lowest BCUT2D eigenvalue weighted by atomic mass is 10.2. The number of nitrogens with zero attached hydrogens (tertiary/aromatic N) is 2. The summed E-state index contributed by atoms with van der Waals surface area (Å²) in [5, 5.41) is 9.98. The summed E-state index contributed by atoms with van der Waals surface area (Å²) in [6.07, 6.45) is 0.962. The zero-order valence-electron chi connectivity index (χ0n) is 9.52. The third kappa shape index (κ3) is 1.76. The predicted octanol–water partition coefficient (Wildman–Crippen LogP) is 1.46. The van der Waals surface area contributed by atoms with E-state index in [0.29, 0.717) is 5.39 Å². The largest absolute Gasteiger partial charge is 0.392 e. The predicted molar refractivity (Wildman–Crippen MR) is 65.0 cm³/mol. The fraction of sp³-hybridized carbons (Fsp3) is 0.455. The highest BCUT2D eigenvalue weighted by molar-refractivity contribution is 7.18. The molecule has 0 unspecified atom stereocenters. The average molecular weight is 238 g/mol. The molecule has 2 aromatic heterocycles. The van der Waals surface area contributed by atoms with E-state index in [9.17, 15) is 9.90 Å². The first-order valence-electron chi connectivity index (χ1n) is 5.14. The number of aryl methyl sites for hydroxylation is 2. The standard InChI is InChI=1S/C11H14N2O2S/c1-6(14)4-13-5-12-10-9(11(13)15)7(2)8(3)16-10/h5-6,14H,4H2,1-3H3/t6-/m0/s1. The maximum atomic E-state index is 12.1. The summed E-state index contributed by atoms with van der Waals surface area (Å²) in [6.45, 7) is 5.86. The highest BCUT2D eigenvalue weighted by Crippen LogP contribution is 2.25. The molecule has 2 rings (SSSR count). The number of hydrogen-bond donors (Lipinski definition) is 1. The summed E-state index contributed by atoms with van der Waals surface area (Å²) in [6, 6.07) is 0. The van der Waals surface area contributed by atoms with Crippen molar-refractivity contribution in [2.75, 3.05) is 0 Å². The SMILES string of the molecule is Cc1sc2ncn(C[C@H](C)O)c(=O)c2c1C. The molecule has 0 bridgehead atoms. The minimum absolute atomic E-state index is 0.0623. The molecule has 0 radical (unpaired) electrons. The quantitative estimate of drug-likeness (QED) is 0.861.